The summed E-state index contributed by atoms with van der Waals surface area (Å²) in [5.74, 6) is 0.209. The second-order valence-corrected chi connectivity index (χ2v) is 10.5. The van der Waals surface area contributed by atoms with E-state index in [2.05, 4.69) is 15.3 Å². The van der Waals surface area contributed by atoms with Crippen molar-refractivity contribution in [3.8, 4) is 0 Å². The van der Waals surface area contributed by atoms with E-state index in [1.807, 2.05) is 4.90 Å². The Kier molecular flexibility index (Phi) is 8.10. The third kappa shape index (κ3) is 5.60. The molecule has 13 heteroatoms. The van der Waals surface area contributed by atoms with Gasteiger partial charge in [0.25, 0.3) is 0 Å². The minimum atomic E-state index is -4.70. The molecule has 0 spiro atoms. The third-order valence-corrected chi connectivity index (χ3v) is 8.22. The lowest BCUT2D eigenvalue weighted by Gasteiger charge is -2.44. The molecule has 37 heavy (non-hydrogen) atoms. The standard InChI is InChI=1S/C24H27ClF3N5O3S/c1-13-8-32(9-14(2)33(13)23(35)36)22-16-7-17(24(26,27)28)19(25)21(20(16)30-12-31-22)37-11-15(10-34)18-5-3-4-6-29-18/h3-7,13-15,30,34H,8-12H2,1-2H3,(H,35,36). The van der Waals surface area contributed by atoms with Crippen molar-refractivity contribution in [2.24, 2.45) is 4.99 Å². The second kappa shape index (κ2) is 11.0. The normalized spacial score (nSPS) is 20.7. The van der Waals surface area contributed by atoms with Crippen LogP contribution in [0.25, 0.3) is 0 Å². The Balaban J connectivity index is 1.72. The van der Waals surface area contributed by atoms with Gasteiger partial charge in [-0.3, -0.25) is 9.88 Å². The van der Waals surface area contributed by atoms with Gasteiger partial charge in [-0.2, -0.15) is 13.2 Å². The molecule has 3 heterocycles. The number of benzene rings is 1. The number of anilines is 1. The topological polar surface area (TPSA) is 101 Å². The van der Waals surface area contributed by atoms with E-state index in [4.69, 9.17) is 11.6 Å². The monoisotopic (exact) mass is 557 g/mol. The lowest BCUT2D eigenvalue weighted by atomic mass is 10.0. The van der Waals surface area contributed by atoms with Crippen molar-refractivity contribution in [2.45, 2.75) is 42.9 Å². The van der Waals surface area contributed by atoms with E-state index < -0.39 is 28.8 Å². The number of nitrogens with zero attached hydrogens (tertiary/aromatic N) is 4. The first-order chi connectivity index (χ1) is 17.5. The number of aliphatic imine (C=N–C) groups is 1. The molecule has 0 saturated carbocycles. The third-order valence-electron chi connectivity index (χ3n) is 6.45. The summed E-state index contributed by atoms with van der Waals surface area (Å²) in [6.45, 7) is 3.99. The highest BCUT2D eigenvalue weighted by molar-refractivity contribution is 7.99. The molecule has 2 aromatic rings. The van der Waals surface area contributed by atoms with Gasteiger partial charge in [0.05, 0.1) is 39.9 Å². The van der Waals surface area contributed by atoms with Crippen LogP contribution in [0.15, 0.2) is 40.4 Å². The zero-order chi connectivity index (χ0) is 26.9. The molecule has 3 atom stereocenters. The Hall–Kier alpha value is -2.70. The molecule has 3 unspecified atom stereocenters. The van der Waals surface area contributed by atoms with Gasteiger partial charge in [-0.15, -0.1) is 11.8 Å². The molecule has 1 amide bonds. The number of amides is 1. The molecule has 0 bridgehead atoms. The lowest BCUT2D eigenvalue weighted by molar-refractivity contribution is -0.137. The van der Waals surface area contributed by atoms with Crippen molar-refractivity contribution in [2.75, 3.05) is 37.4 Å². The van der Waals surface area contributed by atoms with Crippen LogP contribution < -0.4 is 5.32 Å². The average Bonchev–Trinajstić information content (AvgIpc) is 2.84. The zero-order valence-corrected chi connectivity index (χ0v) is 21.7. The minimum Gasteiger partial charge on any atom is -0.465 e. The first-order valence-electron chi connectivity index (χ1n) is 11.7. The molecule has 0 radical (unpaired) electrons. The lowest BCUT2D eigenvalue weighted by Crippen LogP contribution is -2.59. The largest absolute Gasteiger partial charge is 0.465 e. The van der Waals surface area contributed by atoms with Crippen LogP contribution in [-0.4, -0.2) is 81.1 Å². The maximum atomic E-state index is 14.1. The molecule has 1 saturated heterocycles. The summed E-state index contributed by atoms with van der Waals surface area (Å²) >= 11 is 7.47. The van der Waals surface area contributed by atoms with Gasteiger partial charge < -0.3 is 20.4 Å². The maximum Gasteiger partial charge on any atom is 0.417 e. The molecule has 2 aliphatic heterocycles. The van der Waals surface area contributed by atoms with Gasteiger partial charge in [0, 0.05) is 42.2 Å². The predicted octanol–water partition coefficient (Wildman–Crippen LogP) is 4.82. The fourth-order valence-electron chi connectivity index (χ4n) is 4.78. The summed E-state index contributed by atoms with van der Waals surface area (Å²) in [4.78, 5) is 23.8. The van der Waals surface area contributed by atoms with Gasteiger partial charge in [-0.05, 0) is 32.0 Å². The second-order valence-electron chi connectivity index (χ2n) is 9.04. The van der Waals surface area contributed by atoms with Crippen LogP contribution >= 0.6 is 23.4 Å². The zero-order valence-electron chi connectivity index (χ0n) is 20.2. The van der Waals surface area contributed by atoms with Gasteiger partial charge >= 0.3 is 12.3 Å². The van der Waals surface area contributed by atoms with E-state index in [9.17, 15) is 28.2 Å². The summed E-state index contributed by atoms with van der Waals surface area (Å²) < 4.78 is 42.2. The van der Waals surface area contributed by atoms with E-state index in [-0.39, 0.29) is 54.7 Å². The van der Waals surface area contributed by atoms with Gasteiger partial charge in [0.1, 0.15) is 12.5 Å². The molecule has 3 N–H and O–H groups in total. The molecule has 200 valence electrons. The van der Waals surface area contributed by atoms with E-state index >= 15 is 0 Å². The highest BCUT2D eigenvalue weighted by atomic mass is 35.5. The molecule has 8 nitrogen and oxygen atoms in total. The van der Waals surface area contributed by atoms with Gasteiger partial charge in [-0.1, -0.05) is 17.7 Å². The van der Waals surface area contributed by atoms with Crippen LogP contribution in [0.2, 0.25) is 5.02 Å². The van der Waals surface area contributed by atoms with Crippen molar-refractivity contribution in [3.63, 3.8) is 0 Å². The highest BCUT2D eigenvalue weighted by Gasteiger charge is 2.40. The fourth-order valence-corrected chi connectivity index (χ4v) is 6.41. The number of aliphatic hydroxyl groups is 1. The predicted molar refractivity (Wildman–Crippen MR) is 137 cm³/mol. The number of halogens is 4. The van der Waals surface area contributed by atoms with Crippen LogP contribution in [-0.2, 0) is 6.18 Å². The van der Waals surface area contributed by atoms with Gasteiger partial charge in [0.15, 0.2) is 0 Å². The molecule has 1 aromatic carbocycles. The molecule has 1 fully saturated rings. The van der Waals surface area contributed by atoms with Crippen molar-refractivity contribution < 1.29 is 28.2 Å². The molecule has 4 rings (SSSR count). The number of nitrogens with one attached hydrogen (secondary N) is 1. The molecular weight excluding hydrogens is 531 g/mol. The molecule has 0 aliphatic carbocycles. The molecule has 1 aromatic heterocycles. The quantitative estimate of drug-likeness (QED) is 0.453. The maximum absolute atomic E-state index is 14.1. The van der Waals surface area contributed by atoms with E-state index in [0.717, 1.165) is 17.8 Å². The van der Waals surface area contributed by atoms with Crippen molar-refractivity contribution in [1.29, 1.82) is 0 Å². The highest BCUT2D eigenvalue weighted by Crippen LogP contribution is 2.47. The first-order valence-corrected chi connectivity index (χ1v) is 13.0. The van der Waals surface area contributed by atoms with E-state index in [1.54, 1.807) is 38.2 Å². The van der Waals surface area contributed by atoms with Crippen LogP contribution in [0.1, 0.15) is 36.6 Å². The van der Waals surface area contributed by atoms with Crippen molar-refractivity contribution >= 4 is 41.0 Å². The van der Waals surface area contributed by atoms with E-state index in [1.165, 1.54) is 4.90 Å². The number of hydrogen-bond donors (Lipinski definition) is 3. The number of amidine groups is 1. The van der Waals surface area contributed by atoms with Gasteiger partial charge in [-0.25, -0.2) is 9.79 Å². The van der Waals surface area contributed by atoms with E-state index in [0.29, 0.717) is 17.2 Å². The average molecular weight is 558 g/mol. The summed E-state index contributed by atoms with van der Waals surface area (Å²) in [6, 6.07) is 5.53. The Morgan fingerprint density at radius 2 is 2.00 bits per heavy atom. The number of aromatic nitrogens is 1. The number of thioether (sulfide) groups is 1. The molecule has 2 aliphatic rings. The first kappa shape index (κ1) is 27.3. The summed E-state index contributed by atoms with van der Waals surface area (Å²) in [6.07, 6.45) is -4.15. The SMILES string of the molecule is CC1CN(C2=NCNc3c2cc(C(F)(F)F)c(Cl)c3SCC(CO)c2ccccn2)CC(C)N1C(=O)O. The number of fused-ring (bicyclic) bond motifs is 1. The van der Waals surface area contributed by atoms with Crippen molar-refractivity contribution in [3.05, 3.63) is 52.3 Å². The Labute approximate surface area is 221 Å². The van der Waals surface area contributed by atoms with Crippen molar-refractivity contribution in [1.82, 2.24) is 14.8 Å². The number of rotatable bonds is 5. The number of carboxylic acid groups (broad SMARTS) is 1. The van der Waals surface area contributed by atoms with Crippen LogP contribution in [0, 0.1) is 0 Å². The van der Waals surface area contributed by atoms with Crippen LogP contribution in [0.3, 0.4) is 0 Å². The minimum absolute atomic E-state index is 0.128. The summed E-state index contributed by atoms with van der Waals surface area (Å²) in [7, 11) is 0. The number of piperazine rings is 1. The van der Waals surface area contributed by atoms with Crippen LogP contribution in [0.5, 0.6) is 0 Å². The number of pyridine rings is 1. The Bertz CT molecular complexity index is 1170. The summed E-state index contributed by atoms with van der Waals surface area (Å²) in [5.41, 5.74) is 0.345. The number of alkyl halides is 3. The molecular formula is C24H27ClF3N5O3S. The summed E-state index contributed by atoms with van der Waals surface area (Å²) in [5, 5.41) is 22.1. The Morgan fingerprint density at radius 1 is 1.30 bits per heavy atom. The van der Waals surface area contributed by atoms with Crippen LogP contribution in [0.4, 0.5) is 23.7 Å². The fraction of sp³-hybridized carbons (Fsp3) is 0.458. The smallest absolute Gasteiger partial charge is 0.417 e. The Morgan fingerprint density at radius 3 is 2.57 bits per heavy atom. The number of carbonyl (C=O) groups is 1. The number of hydrogen-bond acceptors (Lipinski definition) is 7. The van der Waals surface area contributed by atoms with Gasteiger partial charge in [0.2, 0.25) is 0 Å². The number of aliphatic hydroxyl groups excluding tert-OH is 1.